The molecule has 0 bridgehead atoms. The van der Waals surface area contributed by atoms with Gasteiger partial charge >= 0.3 is 0 Å². The molecule has 1 aromatic rings. The molecule has 1 rings (SSSR count). The normalized spacial score (nSPS) is 11.3. The van der Waals surface area contributed by atoms with Crippen molar-refractivity contribution in [2.75, 3.05) is 17.6 Å². The second-order valence-electron chi connectivity index (χ2n) is 4.51. The van der Waals surface area contributed by atoms with Crippen molar-refractivity contribution in [1.82, 2.24) is 0 Å². The largest absolute Gasteiger partial charge is 0.492 e. The van der Waals surface area contributed by atoms with Gasteiger partial charge in [-0.05, 0) is 23.1 Å². The summed E-state index contributed by atoms with van der Waals surface area (Å²) in [5, 5.41) is 0. The lowest BCUT2D eigenvalue weighted by molar-refractivity contribution is 0.418. The molecule has 0 aliphatic rings. The van der Waals surface area contributed by atoms with Gasteiger partial charge in [0.25, 0.3) is 0 Å². The highest BCUT2D eigenvalue weighted by atomic mass is 32.1. The maximum atomic E-state index is 5.91. The van der Waals surface area contributed by atoms with Gasteiger partial charge < -0.3 is 15.2 Å². The molecule has 1 aromatic carbocycles. The summed E-state index contributed by atoms with van der Waals surface area (Å²) in [6.45, 7) is 6.41. The Morgan fingerprint density at radius 3 is 2.33 bits per heavy atom. The zero-order valence-electron chi connectivity index (χ0n) is 9.59. The molecule has 0 heterocycles. The SMILES string of the molecule is COc1c(N)cc(C(C)(C)C)cc1NS. The van der Waals surface area contributed by atoms with E-state index in [1.54, 1.807) is 7.11 Å². The van der Waals surface area contributed by atoms with Gasteiger partial charge in [0.15, 0.2) is 5.75 Å². The van der Waals surface area contributed by atoms with Crippen LogP contribution in [-0.4, -0.2) is 7.11 Å². The lowest BCUT2D eigenvalue weighted by atomic mass is 9.86. The van der Waals surface area contributed by atoms with Gasteiger partial charge in [-0.1, -0.05) is 33.6 Å². The molecule has 0 saturated heterocycles. The first-order valence-corrected chi connectivity index (χ1v) is 5.23. The molecule has 84 valence electrons. The zero-order chi connectivity index (χ0) is 11.6. The molecule has 0 spiro atoms. The summed E-state index contributed by atoms with van der Waals surface area (Å²) >= 11 is 4.04. The van der Waals surface area contributed by atoms with Crippen LogP contribution >= 0.6 is 12.8 Å². The van der Waals surface area contributed by atoms with Gasteiger partial charge in [0.05, 0.1) is 18.5 Å². The lowest BCUT2D eigenvalue weighted by Crippen LogP contribution is -2.12. The highest BCUT2D eigenvalue weighted by Gasteiger charge is 2.17. The number of nitrogen functional groups attached to an aromatic ring is 1. The number of rotatable bonds is 2. The molecule has 0 atom stereocenters. The smallest absolute Gasteiger partial charge is 0.165 e. The molecule has 0 fully saturated rings. The molecule has 0 unspecified atom stereocenters. The highest BCUT2D eigenvalue weighted by molar-refractivity contribution is 7.81. The van der Waals surface area contributed by atoms with E-state index in [0.717, 1.165) is 11.3 Å². The molecule has 4 heteroatoms. The van der Waals surface area contributed by atoms with Crippen molar-refractivity contribution in [3.63, 3.8) is 0 Å². The third-order valence-corrected chi connectivity index (χ3v) is 2.55. The molecule has 3 N–H and O–H groups in total. The predicted molar refractivity (Wildman–Crippen MR) is 68.7 cm³/mol. The van der Waals surface area contributed by atoms with E-state index in [0.29, 0.717) is 11.4 Å². The van der Waals surface area contributed by atoms with Crippen LogP contribution in [0.4, 0.5) is 11.4 Å². The molecule has 0 radical (unpaired) electrons. The van der Waals surface area contributed by atoms with Crippen LogP contribution in [0.2, 0.25) is 0 Å². The quantitative estimate of drug-likeness (QED) is 0.537. The first kappa shape index (κ1) is 12.0. The number of nitrogens with two attached hydrogens (primary N) is 1. The maximum Gasteiger partial charge on any atom is 0.165 e. The number of benzene rings is 1. The molecule has 0 aliphatic heterocycles. The second-order valence-corrected chi connectivity index (χ2v) is 4.73. The van der Waals surface area contributed by atoms with Gasteiger partial charge in [0.2, 0.25) is 0 Å². The van der Waals surface area contributed by atoms with Crippen LogP contribution in [-0.2, 0) is 5.41 Å². The standard InChI is InChI=1S/C11H18N2OS/c1-11(2,3)7-5-8(12)10(14-4)9(6-7)13-15/h5-6,13,15H,12H2,1-4H3. The van der Waals surface area contributed by atoms with Gasteiger partial charge in [0.1, 0.15) is 0 Å². The van der Waals surface area contributed by atoms with E-state index in [4.69, 9.17) is 10.5 Å². The van der Waals surface area contributed by atoms with Crippen LogP contribution in [0.25, 0.3) is 0 Å². The number of methoxy groups -OCH3 is 1. The van der Waals surface area contributed by atoms with Crippen LogP contribution in [0.15, 0.2) is 12.1 Å². The van der Waals surface area contributed by atoms with E-state index < -0.39 is 0 Å². The number of anilines is 2. The highest BCUT2D eigenvalue weighted by Crippen LogP contribution is 2.36. The summed E-state index contributed by atoms with van der Waals surface area (Å²) < 4.78 is 7.99. The van der Waals surface area contributed by atoms with Gasteiger partial charge in [-0.15, -0.1) is 0 Å². The first-order chi connectivity index (χ1) is 6.90. The minimum Gasteiger partial charge on any atom is -0.492 e. The van der Waals surface area contributed by atoms with E-state index in [1.165, 1.54) is 0 Å². The van der Waals surface area contributed by atoms with E-state index in [-0.39, 0.29) is 5.41 Å². The zero-order valence-corrected chi connectivity index (χ0v) is 10.5. The fraction of sp³-hybridized carbons (Fsp3) is 0.455. The lowest BCUT2D eigenvalue weighted by Gasteiger charge is -2.22. The summed E-state index contributed by atoms with van der Waals surface area (Å²) in [6.07, 6.45) is 0. The summed E-state index contributed by atoms with van der Waals surface area (Å²) in [6, 6.07) is 3.94. The van der Waals surface area contributed by atoms with Crippen molar-refractivity contribution >= 4 is 24.2 Å². The third-order valence-electron chi connectivity index (χ3n) is 2.31. The van der Waals surface area contributed by atoms with Crippen molar-refractivity contribution in [2.24, 2.45) is 0 Å². The molecule has 15 heavy (non-hydrogen) atoms. The van der Waals surface area contributed by atoms with E-state index in [2.05, 4.69) is 38.3 Å². The van der Waals surface area contributed by atoms with E-state index in [9.17, 15) is 0 Å². The molecule has 0 amide bonds. The molecular weight excluding hydrogens is 208 g/mol. The Balaban J connectivity index is 3.32. The predicted octanol–water partition coefficient (Wildman–Crippen LogP) is 2.83. The first-order valence-electron chi connectivity index (χ1n) is 4.78. The molecule has 0 aliphatic carbocycles. The van der Waals surface area contributed by atoms with Crippen molar-refractivity contribution in [3.8, 4) is 5.75 Å². The Bertz CT molecular complexity index is 358. The van der Waals surface area contributed by atoms with E-state index >= 15 is 0 Å². The molecular formula is C11H18N2OS. The average molecular weight is 226 g/mol. The monoisotopic (exact) mass is 226 g/mol. The number of hydrogen-bond acceptors (Lipinski definition) is 4. The molecule has 3 nitrogen and oxygen atoms in total. The maximum absolute atomic E-state index is 5.91. The number of hydrogen-bond donors (Lipinski definition) is 3. The Hall–Kier alpha value is -1.03. The van der Waals surface area contributed by atoms with Gasteiger partial charge in [0, 0.05) is 0 Å². The van der Waals surface area contributed by atoms with Crippen molar-refractivity contribution in [3.05, 3.63) is 17.7 Å². The Morgan fingerprint density at radius 2 is 1.93 bits per heavy atom. The third kappa shape index (κ3) is 2.50. The fourth-order valence-electron chi connectivity index (χ4n) is 1.40. The Labute approximate surface area is 96.5 Å². The van der Waals surface area contributed by atoms with Crippen LogP contribution in [0, 0.1) is 0 Å². The fourth-order valence-corrected chi connectivity index (χ4v) is 1.56. The number of ether oxygens (including phenoxy) is 1. The van der Waals surface area contributed by atoms with Gasteiger partial charge in [-0.25, -0.2) is 0 Å². The molecule has 0 aromatic heterocycles. The summed E-state index contributed by atoms with van der Waals surface area (Å²) in [4.78, 5) is 0. The van der Waals surface area contributed by atoms with Crippen LogP contribution in [0.5, 0.6) is 5.75 Å². The number of nitrogens with one attached hydrogen (secondary N) is 1. The van der Waals surface area contributed by atoms with Gasteiger partial charge in [-0.2, -0.15) is 0 Å². The summed E-state index contributed by atoms with van der Waals surface area (Å²) in [5.74, 6) is 0.637. The minimum atomic E-state index is 0.0553. The molecule has 0 saturated carbocycles. The van der Waals surface area contributed by atoms with Crippen molar-refractivity contribution in [2.45, 2.75) is 26.2 Å². The number of thiol groups is 1. The van der Waals surface area contributed by atoms with Gasteiger partial charge in [-0.3, -0.25) is 0 Å². The van der Waals surface area contributed by atoms with Crippen molar-refractivity contribution < 1.29 is 4.74 Å². The van der Waals surface area contributed by atoms with E-state index in [1.807, 2.05) is 12.1 Å². The van der Waals surface area contributed by atoms with Crippen LogP contribution in [0.3, 0.4) is 0 Å². The average Bonchev–Trinajstić information content (AvgIpc) is 2.15. The van der Waals surface area contributed by atoms with Crippen molar-refractivity contribution in [1.29, 1.82) is 0 Å². The van der Waals surface area contributed by atoms with Crippen LogP contribution in [0.1, 0.15) is 26.3 Å². The summed E-state index contributed by atoms with van der Waals surface area (Å²) in [5.41, 5.74) is 8.54. The second kappa shape index (κ2) is 4.23. The Morgan fingerprint density at radius 1 is 1.33 bits per heavy atom. The van der Waals surface area contributed by atoms with Crippen LogP contribution < -0.4 is 15.2 Å². The summed E-state index contributed by atoms with van der Waals surface area (Å²) in [7, 11) is 1.59. The minimum absolute atomic E-state index is 0.0553. The topological polar surface area (TPSA) is 47.3 Å². The Kier molecular flexibility index (Phi) is 3.39.